The minimum atomic E-state index is -0.711. The lowest BCUT2D eigenvalue weighted by Gasteiger charge is -2.37. The molecule has 10 heteroatoms. The minimum absolute atomic E-state index is 0.106. The number of pyridine rings is 1. The Morgan fingerprint density at radius 1 is 0.949 bits per heavy atom. The number of carbonyl (C=O) groups is 2. The molecule has 1 saturated heterocycles. The number of rotatable bonds is 6. The van der Waals surface area contributed by atoms with Crippen molar-refractivity contribution in [1.82, 2.24) is 29.6 Å². The van der Waals surface area contributed by atoms with Crippen LogP contribution in [0.4, 0.5) is 10.5 Å². The summed E-state index contributed by atoms with van der Waals surface area (Å²) in [6.45, 7) is 7.85. The van der Waals surface area contributed by atoms with Crippen LogP contribution in [-0.2, 0) is 23.0 Å². The number of fused-ring (bicyclic) bond motifs is 1. The van der Waals surface area contributed by atoms with Gasteiger partial charge in [-0.15, -0.1) is 0 Å². The number of aromatic nitrogens is 4. The van der Waals surface area contributed by atoms with E-state index in [-0.39, 0.29) is 5.91 Å². The number of amides is 2. The van der Waals surface area contributed by atoms with Crippen LogP contribution in [0.15, 0.2) is 67.3 Å². The van der Waals surface area contributed by atoms with E-state index in [1.54, 1.807) is 25.5 Å². The molecular formula is C29H35N7O3. The third-order valence-corrected chi connectivity index (χ3v) is 6.74. The minimum Gasteiger partial charge on any atom is -0.444 e. The van der Waals surface area contributed by atoms with E-state index in [9.17, 15) is 9.59 Å². The van der Waals surface area contributed by atoms with Crippen molar-refractivity contribution >= 4 is 23.2 Å². The highest BCUT2D eigenvalue weighted by Gasteiger charge is 2.31. The standard InChI is InChI=1S/C29H35N7O3/c1-29(2,3)39-28(38)32-24(16-21-8-6-5-7-9-21)27(37)35-14-12-34(13-15-35)26-18-31-36-20-22(10-11-25(26)36)23-17-30-33(4)19-23/h5-11,17-20,24H,12-16H2,1-4H3,(H,32,38)/t24-/m1/s1. The molecule has 10 nitrogen and oxygen atoms in total. The molecule has 1 aliphatic rings. The number of ether oxygens (including phenoxy) is 1. The second-order valence-corrected chi connectivity index (χ2v) is 10.9. The lowest BCUT2D eigenvalue weighted by atomic mass is 10.0. The fraction of sp³-hybridized carbons (Fsp3) is 0.379. The summed E-state index contributed by atoms with van der Waals surface area (Å²) in [5, 5.41) is 11.7. The molecule has 0 bridgehead atoms. The van der Waals surface area contributed by atoms with Gasteiger partial charge in [0.1, 0.15) is 11.6 Å². The second-order valence-electron chi connectivity index (χ2n) is 10.9. The van der Waals surface area contributed by atoms with Crippen LogP contribution in [0.5, 0.6) is 0 Å². The van der Waals surface area contributed by atoms with Crippen LogP contribution in [0.3, 0.4) is 0 Å². The highest BCUT2D eigenvalue weighted by molar-refractivity contribution is 5.86. The third kappa shape index (κ3) is 6.22. The lowest BCUT2D eigenvalue weighted by molar-refractivity contribution is -0.133. The molecule has 1 N–H and O–H groups in total. The van der Waals surface area contributed by atoms with Gasteiger partial charge in [0, 0.05) is 63.2 Å². The van der Waals surface area contributed by atoms with Gasteiger partial charge in [-0.3, -0.25) is 9.48 Å². The van der Waals surface area contributed by atoms with E-state index >= 15 is 0 Å². The average molecular weight is 530 g/mol. The SMILES string of the molecule is Cn1cc(-c2ccc3c(N4CCN(C(=O)[C@@H](Cc5ccccc5)NC(=O)OC(C)(C)C)CC4)cnn3c2)cn1. The van der Waals surface area contributed by atoms with E-state index in [0.717, 1.165) is 27.9 Å². The van der Waals surface area contributed by atoms with E-state index in [4.69, 9.17) is 4.74 Å². The lowest BCUT2D eigenvalue weighted by Crippen LogP contribution is -2.56. The van der Waals surface area contributed by atoms with Gasteiger partial charge in [-0.05, 0) is 32.4 Å². The van der Waals surface area contributed by atoms with E-state index < -0.39 is 17.7 Å². The fourth-order valence-electron chi connectivity index (χ4n) is 4.84. The molecule has 204 valence electrons. The van der Waals surface area contributed by atoms with Crippen molar-refractivity contribution in [2.75, 3.05) is 31.1 Å². The normalized spacial score (nSPS) is 14.9. The molecule has 39 heavy (non-hydrogen) atoms. The van der Waals surface area contributed by atoms with Gasteiger partial charge in [0.05, 0.1) is 23.6 Å². The van der Waals surface area contributed by atoms with Crippen molar-refractivity contribution in [3.05, 3.63) is 72.8 Å². The molecule has 1 aromatic carbocycles. The van der Waals surface area contributed by atoms with Gasteiger partial charge in [-0.2, -0.15) is 10.2 Å². The van der Waals surface area contributed by atoms with Crippen molar-refractivity contribution in [3.8, 4) is 11.1 Å². The highest BCUT2D eigenvalue weighted by Crippen LogP contribution is 2.26. The van der Waals surface area contributed by atoms with Gasteiger partial charge in [-0.25, -0.2) is 9.31 Å². The summed E-state index contributed by atoms with van der Waals surface area (Å²) in [4.78, 5) is 30.2. The molecule has 4 aromatic rings. The zero-order valence-corrected chi connectivity index (χ0v) is 22.9. The van der Waals surface area contributed by atoms with E-state index in [0.29, 0.717) is 32.6 Å². The Hall–Kier alpha value is -4.34. The van der Waals surface area contributed by atoms with Crippen molar-refractivity contribution in [3.63, 3.8) is 0 Å². The summed E-state index contributed by atoms with van der Waals surface area (Å²) in [5.74, 6) is -0.106. The molecule has 0 unspecified atom stereocenters. The smallest absolute Gasteiger partial charge is 0.408 e. The van der Waals surface area contributed by atoms with Crippen LogP contribution in [0.25, 0.3) is 16.6 Å². The van der Waals surface area contributed by atoms with Crippen LogP contribution in [-0.4, -0.2) is 74.1 Å². The first-order valence-electron chi connectivity index (χ1n) is 13.2. The number of aryl methyl sites for hydroxylation is 1. The molecular weight excluding hydrogens is 494 g/mol. The first kappa shape index (κ1) is 26.3. The van der Waals surface area contributed by atoms with Gasteiger partial charge >= 0.3 is 6.09 Å². The van der Waals surface area contributed by atoms with Crippen molar-refractivity contribution in [2.45, 2.75) is 38.8 Å². The molecule has 4 heterocycles. The van der Waals surface area contributed by atoms with Gasteiger partial charge in [0.2, 0.25) is 5.91 Å². The Morgan fingerprint density at radius 3 is 2.36 bits per heavy atom. The monoisotopic (exact) mass is 529 g/mol. The first-order valence-corrected chi connectivity index (χ1v) is 13.2. The number of hydrogen-bond donors (Lipinski definition) is 1. The Morgan fingerprint density at radius 2 is 1.69 bits per heavy atom. The number of piperazine rings is 1. The molecule has 0 radical (unpaired) electrons. The largest absolute Gasteiger partial charge is 0.444 e. The van der Waals surface area contributed by atoms with Crippen LogP contribution in [0.1, 0.15) is 26.3 Å². The van der Waals surface area contributed by atoms with E-state index in [1.165, 1.54) is 0 Å². The van der Waals surface area contributed by atoms with Gasteiger partial charge in [-0.1, -0.05) is 36.4 Å². The fourth-order valence-corrected chi connectivity index (χ4v) is 4.84. The van der Waals surface area contributed by atoms with Crippen LogP contribution in [0, 0.1) is 0 Å². The summed E-state index contributed by atoms with van der Waals surface area (Å²) >= 11 is 0. The van der Waals surface area contributed by atoms with Crippen LogP contribution < -0.4 is 10.2 Å². The molecule has 0 aliphatic carbocycles. The number of carbonyl (C=O) groups excluding carboxylic acids is 2. The maximum atomic E-state index is 13.6. The maximum Gasteiger partial charge on any atom is 0.408 e. The summed E-state index contributed by atoms with van der Waals surface area (Å²) in [6, 6.07) is 13.1. The van der Waals surface area contributed by atoms with Crippen molar-refractivity contribution in [2.24, 2.45) is 7.05 Å². The number of nitrogens with one attached hydrogen (secondary N) is 1. The van der Waals surface area contributed by atoms with Crippen molar-refractivity contribution < 1.29 is 14.3 Å². The van der Waals surface area contributed by atoms with Crippen LogP contribution in [0.2, 0.25) is 0 Å². The molecule has 3 aromatic heterocycles. The zero-order chi connectivity index (χ0) is 27.6. The number of alkyl carbamates (subject to hydrolysis) is 1. The Labute approximate surface area is 228 Å². The molecule has 1 fully saturated rings. The quantitative estimate of drug-likeness (QED) is 0.411. The summed E-state index contributed by atoms with van der Waals surface area (Å²) in [6.07, 6.45) is 7.50. The van der Waals surface area contributed by atoms with Gasteiger partial charge in [0.25, 0.3) is 0 Å². The molecule has 0 saturated carbocycles. The van der Waals surface area contributed by atoms with E-state index in [1.807, 2.05) is 71.6 Å². The number of benzene rings is 1. The average Bonchev–Trinajstić information content (AvgIpc) is 3.53. The maximum absolute atomic E-state index is 13.6. The first-order chi connectivity index (χ1) is 18.7. The number of hydrogen-bond acceptors (Lipinski definition) is 6. The molecule has 5 rings (SSSR count). The molecule has 1 aliphatic heterocycles. The summed E-state index contributed by atoms with van der Waals surface area (Å²) in [5.41, 5.74) is 4.45. The number of nitrogens with zero attached hydrogens (tertiary/aromatic N) is 6. The molecule has 1 atom stereocenters. The van der Waals surface area contributed by atoms with Gasteiger partial charge in [0.15, 0.2) is 0 Å². The highest BCUT2D eigenvalue weighted by atomic mass is 16.6. The van der Waals surface area contributed by atoms with Gasteiger partial charge < -0.3 is 19.9 Å². The number of anilines is 1. The predicted octanol–water partition coefficient (Wildman–Crippen LogP) is 3.52. The zero-order valence-electron chi connectivity index (χ0n) is 22.9. The second kappa shape index (κ2) is 10.8. The third-order valence-electron chi connectivity index (χ3n) is 6.74. The molecule has 2 amide bonds. The van der Waals surface area contributed by atoms with Crippen molar-refractivity contribution in [1.29, 1.82) is 0 Å². The summed E-state index contributed by atoms with van der Waals surface area (Å²) in [7, 11) is 1.90. The Balaban J connectivity index is 1.26. The van der Waals surface area contributed by atoms with Crippen LogP contribution >= 0.6 is 0 Å². The topological polar surface area (TPSA) is 97.0 Å². The Kier molecular flexibility index (Phi) is 7.28. The summed E-state index contributed by atoms with van der Waals surface area (Å²) < 4.78 is 9.11. The Bertz CT molecular complexity index is 1450. The predicted molar refractivity (Wildman–Crippen MR) is 149 cm³/mol. The molecule has 0 spiro atoms. The van der Waals surface area contributed by atoms with E-state index in [2.05, 4.69) is 32.5 Å².